The molecule has 2 heteroatoms. The van der Waals surface area contributed by atoms with Crippen molar-refractivity contribution in [1.29, 1.82) is 0 Å². The summed E-state index contributed by atoms with van der Waals surface area (Å²) in [5.74, 6) is 0.533. The molecule has 0 radical (unpaired) electrons. The maximum absolute atomic E-state index is 4.95. The molecule has 0 saturated carbocycles. The van der Waals surface area contributed by atoms with Gasteiger partial charge in [0.15, 0.2) is 0 Å². The first-order chi connectivity index (χ1) is 10.0. The van der Waals surface area contributed by atoms with Crippen LogP contribution >= 0.6 is 0 Å². The molecule has 2 rings (SSSR count). The van der Waals surface area contributed by atoms with E-state index in [1.807, 2.05) is 0 Å². The minimum atomic E-state index is -0.854. The van der Waals surface area contributed by atoms with Gasteiger partial charge in [-0.1, -0.05) is 0 Å². The van der Waals surface area contributed by atoms with Gasteiger partial charge >= 0.3 is 136 Å². The van der Waals surface area contributed by atoms with Gasteiger partial charge in [-0.3, -0.25) is 0 Å². The molecule has 21 heavy (non-hydrogen) atoms. The fourth-order valence-corrected chi connectivity index (χ4v) is 4.84. The molecular formula is C19H23NW. The SMILES string of the molecule is CC(C)c1ccccc1[N]=[W]=[CH]C(C)(C)c1ccccc1. The Morgan fingerprint density at radius 2 is 1.57 bits per heavy atom. The minimum absolute atomic E-state index is 0.113. The van der Waals surface area contributed by atoms with Crippen molar-refractivity contribution in [2.75, 3.05) is 0 Å². The molecule has 0 saturated heterocycles. The Kier molecular flexibility index (Phi) is 5.53. The molecule has 2 aromatic rings. The van der Waals surface area contributed by atoms with Crippen molar-refractivity contribution in [3.05, 3.63) is 65.7 Å². The molecule has 0 fully saturated rings. The average Bonchev–Trinajstić information content (AvgIpc) is 2.48. The van der Waals surface area contributed by atoms with E-state index < -0.39 is 17.9 Å². The van der Waals surface area contributed by atoms with E-state index in [0.29, 0.717) is 5.92 Å². The molecule has 0 aliphatic carbocycles. The second-order valence-corrected chi connectivity index (χ2v) is 8.38. The Labute approximate surface area is 136 Å². The van der Waals surface area contributed by atoms with Crippen LogP contribution in [0, 0.1) is 0 Å². The van der Waals surface area contributed by atoms with Gasteiger partial charge in [0.2, 0.25) is 0 Å². The first-order valence-electron chi connectivity index (χ1n) is 7.36. The molecule has 0 amide bonds. The molecular weight excluding hydrogens is 426 g/mol. The van der Waals surface area contributed by atoms with E-state index in [9.17, 15) is 0 Å². The molecule has 0 unspecified atom stereocenters. The van der Waals surface area contributed by atoms with Crippen molar-refractivity contribution in [2.45, 2.75) is 39.0 Å². The molecule has 0 aliphatic heterocycles. The van der Waals surface area contributed by atoms with Gasteiger partial charge in [0.1, 0.15) is 0 Å². The summed E-state index contributed by atoms with van der Waals surface area (Å²) < 4.78 is 7.41. The second-order valence-electron chi connectivity index (χ2n) is 6.12. The number of hydrogen-bond donors (Lipinski definition) is 0. The standard InChI is InChI=1S/C10H12.C9H11N.W/c1-10(2,3)9-7-5-4-6-8-9;1-7(2)8-5-3-4-6-9(8)10;/h1,4-8H,2-3H3;3-7H,1-2H3;. The molecule has 0 heterocycles. The molecule has 110 valence electrons. The van der Waals surface area contributed by atoms with E-state index in [-0.39, 0.29) is 5.41 Å². The van der Waals surface area contributed by atoms with Crippen molar-refractivity contribution in [3.63, 3.8) is 0 Å². The van der Waals surface area contributed by atoms with Crippen molar-refractivity contribution in [2.24, 2.45) is 3.50 Å². The van der Waals surface area contributed by atoms with Crippen LogP contribution in [0.2, 0.25) is 0 Å². The summed E-state index contributed by atoms with van der Waals surface area (Å²) in [6.45, 7) is 9.03. The van der Waals surface area contributed by atoms with E-state index in [0.717, 1.165) is 0 Å². The Balaban J connectivity index is 2.29. The van der Waals surface area contributed by atoms with Crippen molar-refractivity contribution in [1.82, 2.24) is 0 Å². The van der Waals surface area contributed by atoms with Gasteiger partial charge in [-0.25, -0.2) is 0 Å². The number of hydrogen-bond acceptors (Lipinski definition) is 1. The van der Waals surface area contributed by atoms with Crippen LogP contribution in [0.4, 0.5) is 5.69 Å². The van der Waals surface area contributed by atoms with E-state index in [4.69, 9.17) is 3.50 Å². The van der Waals surface area contributed by atoms with E-state index >= 15 is 0 Å². The number of rotatable bonds is 4. The summed E-state index contributed by atoms with van der Waals surface area (Å²) in [6.07, 6.45) is 0. The normalized spacial score (nSPS) is 11.3. The first kappa shape index (κ1) is 16.2. The fourth-order valence-electron chi connectivity index (χ4n) is 2.21. The van der Waals surface area contributed by atoms with Crippen LogP contribution in [-0.4, -0.2) is 4.40 Å². The molecule has 0 N–H and O–H groups in total. The fraction of sp³-hybridized carbons (Fsp3) is 0.316. The monoisotopic (exact) mass is 449 g/mol. The zero-order valence-corrected chi connectivity index (χ0v) is 16.1. The molecule has 0 bridgehead atoms. The summed E-state index contributed by atoms with van der Waals surface area (Å²) in [5.41, 5.74) is 4.04. The van der Waals surface area contributed by atoms with Crippen LogP contribution < -0.4 is 0 Å². The average molecular weight is 449 g/mol. The third kappa shape index (κ3) is 4.38. The molecule has 0 spiro atoms. The maximum atomic E-state index is 4.95. The van der Waals surface area contributed by atoms with Gasteiger partial charge < -0.3 is 0 Å². The summed E-state index contributed by atoms with van der Waals surface area (Å²) in [5, 5.41) is 0. The van der Waals surface area contributed by atoms with Crippen LogP contribution in [0.25, 0.3) is 0 Å². The molecule has 2 aromatic carbocycles. The Hall–Kier alpha value is -1.20. The molecule has 1 nitrogen and oxygen atoms in total. The first-order valence-corrected chi connectivity index (χ1v) is 10.4. The van der Waals surface area contributed by atoms with E-state index in [1.54, 1.807) is 0 Å². The second kappa shape index (κ2) is 7.18. The van der Waals surface area contributed by atoms with E-state index in [2.05, 4.69) is 86.7 Å². The number of benzene rings is 2. The van der Waals surface area contributed by atoms with Crippen LogP contribution in [0.15, 0.2) is 58.1 Å². The van der Waals surface area contributed by atoms with Gasteiger partial charge in [-0.15, -0.1) is 0 Å². The topological polar surface area (TPSA) is 12.4 Å². The number of nitrogens with zero attached hydrogens (tertiary/aromatic N) is 1. The zero-order chi connectivity index (χ0) is 15.3. The predicted molar refractivity (Wildman–Crippen MR) is 88.2 cm³/mol. The summed E-state index contributed by atoms with van der Waals surface area (Å²) in [4.78, 5) is 0. The van der Waals surface area contributed by atoms with Gasteiger partial charge in [-0.2, -0.15) is 0 Å². The third-order valence-electron chi connectivity index (χ3n) is 3.57. The summed E-state index contributed by atoms with van der Waals surface area (Å²) >= 11 is -0.854. The summed E-state index contributed by atoms with van der Waals surface area (Å²) in [6, 6.07) is 19.3. The zero-order valence-electron chi connectivity index (χ0n) is 13.2. The van der Waals surface area contributed by atoms with Crippen LogP contribution in [0.1, 0.15) is 44.7 Å². The molecule has 0 atom stereocenters. The van der Waals surface area contributed by atoms with Crippen LogP contribution in [0.3, 0.4) is 0 Å². The summed E-state index contributed by atoms with van der Waals surface area (Å²) in [7, 11) is 0. The van der Waals surface area contributed by atoms with Crippen molar-refractivity contribution < 1.29 is 17.9 Å². The van der Waals surface area contributed by atoms with Gasteiger partial charge in [0.25, 0.3) is 0 Å². The Bertz CT molecular complexity index is 650. The Morgan fingerprint density at radius 3 is 2.24 bits per heavy atom. The Morgan fingerprint density at radius 1 is 0.952 bits per heavy atom. The van der Waals surface area contributed by atoms with Crippen molar-refractivity contribution >= 4 is 10.1 Å². The van der Waals surface area contributed by atoms with Gasteiger partial charge in [0, 0.05) is 0 Å². The van der Waals surface area contributed by atoms with E-state index in [1.165, 1.54) is 16.8 Å². The quantitative estimate of drug-likeness (QED) is 0.586. The third-order valence-corrected chi connectivity index (χ3v) is 7.16. The van der Waals surface area contributed by atoms with Crippen LogP contribution in [0.5, 0.6) is 0 Å². The van der Waals surface area contributed by atoms with Crippen molar-refractivity contribution in [3.8, 4) is 0 Å². The predicted octanol–water partition coefficient (Wildman–Crippen LogP) is 5.49. The van der Waals surface area contributed by atoms with Crippen LogP contribution in [-0.2, 0) is 23.3 Å². The van der Waals surface area contributed by atoms with Gasteiger partial charge in [-0.05, 0) is 0 Å². The molecule has 0 aromatic heterocycles. The molecule has 0 aliphatic rings. The van der Waals surface area contributed by atoms with Gasteiger partial charge in [0.05, 0.1) is 0 Å².